The Labute approximate surface area is 113 Å². The normalized spacial score (nSPS) is 10.4. The third kappa shape index (κ3) is 2.53. The smallest absolute Gasteiger partial charge is 0.260 e. The van der Waals surface area contributed by atoms with Gasteiger partial charge in [-0.25, -0.2) is 4.98 Å². The number of halogens is 1. The molecule has 2 aromatic rings. The number of carbonyl (C=O) groups is 1. The maximum atomic E-state index is 12.0. The minimum atomic E-state index is -0.262. The summed E-state index contributed by atoms with van der Waals surface area (Å²) in [5.74, 6) is 1.44. The Bertz CT molecular complexity index is 607. The van der Waals surface area contributed by atoms with Crippen LogP contribution in [0.3, 0.4) is 0 Å². The molecular formula is C12H12BrN3O2. The Morgan fingerprint density at radius 1 is 1.44 bits per heavy atom. The first-order valence-electron chi connectivity index (χ1n) is 5.27. The molecule has 94 valence electrons. The molecular weight excluding hydrogens is 298 g/mol. The van der Waals surface area contributed by atoms with Crippen LogP contribution in [0, 0.1) is 13.8 Å². The van der Waals surface area contributed by atoms with Crippen molar-refractivity contribution >= 4 is 33.3 Å². The Morgan fingerprint density at radius 3 is 2.72 bits per heavy atom. The number of hydrogen-bond acceptors (Lipinski definition) is 4. The Morgan fingerprint density at radius 2 is 2.17 bits per heavy atom. The van der Waals surface area contributed by atoms with Gasteiger partial charge in [0.1, 0.15) is 17.3 Å². The summed E-state index contributed by atoms with van der Waals surface area (Å²) in [5, 5.41) is 2.70. The number of aromatic nitrogens is 1. The van der Waals surface area contributed by atoms with Gasteiger partial charge in [0.2, 0.25) is 0 Å². The van der Waals surface area contributed by atoms with Crippen molar-refractivity contribution in [1.82, 2.24) is 4.98 Å². The highest BCUT2D eigenvalue weighted by molar-refractivity contribution is 9.10. The van der Waals surface area contributed by atoms with Crippen molar-refractivity contribution in [2.45, 2.75) is 13.8 Å². The zero-order chi connectivity index (χ0) is 13.3. The Hall–Kier alpha value is -1.82. The van der Waals surface area contributed by atoms with E-state index in [1.54, 1.807) is 26.0 Å². The quantitative estimate of drug-likeness (QED) is 0.893. The van der Waals surface area contributed by atoms with Crippen molar-refractivity contribution < 1.29 is 9.21 Å². The fraction of sp³-hybridized carbons (Fsp3) is 0.167. The van der Waals surface area contributed by atoms with Gasteiger partial charge >= 0.3 is 0 Å². The molecule has 0 saturated heterocycles. The van der Waals surface area contributed by atoms with Crippen molar-refractivity contribution in [1.29, 1.82) is 0 Å². The van der Waals surface area contributed by atoms with Gasteiger partial charge in [0.05, 0.1) is 21.9 Å². The number of anilines is 2. The molecule has 0 aromatic carbocycles. The van der Waals surface area contributed by atoms with Crippen molar-refractivity contribution in [3.8, 4) is 0 Å². The van der Waals surface area contributed by atoms with Crippen molar-refractivity contribution in [3.05, 3.63) is 39.9 Å². The molecule has 0 spiro atoms. The summed E-state index contributed by atoms with van der Waals surface area (Å²) in [5.41, 5.74) is 6.60. The van der Waals surface area contributed by atoms with Crippen molar-refractivity contribution in [2.24, 2.45) is 0 Å². The number of nitrogens with zero attached hydrogens (tertiary/aromatic N) is 1. The second-order valence-corrected chi connectivity index (χ2v) is 4.73. The summed E-state index contributed by atoms with van der Waals surface area (Å²) in [6.45, 7) is 3.54. The lowest BCUT2D eigenvalue weighted by molar-refractivity contribution is 0.102. The maximum Gasteiger partial charge on any atom is 0.260 e. The van der Waals surface area contributed by atoms with Gasteiger partial charge in [-0.3, -0.25) is 4.79 Å². The van der Waals surface area contributed by atoms with Crippen molar-refractivity contribution in [2.75, 3.05) is 11.1 Å². The molecule has 0 fully saturated rings. The van der Waals surface area contributed by atoms with Gasteiger partial charge in [-0.05, 0) is 41.9 Å². The highest BCUT2D eigenvalue weighted by Gasteiger charge is 2.15. The largest absolute Gasteiger partial charge is 0.466 e. The van der Waals surface area contributed by atoms with Gasteiger partial charge in [0, 0.05) is 0 Å². The number of nitrogens with two attached hydrogens (primary N) is 1. The van der Waals surface area contributed by atoms with Crippen LogP contribution < -0.4 is 11.1 Å². The van der Waals surface area contributed by atoms with Crippen LogP contribution in [0.15, 0.2) is 27.2 Å². The lowest BCUT2D eigenvalue weighted by Crippen LogP contribution is -2.13. The summed E-state index contributed by atoms with van der Waals surface area (Å²) in [7, 11) is 0. The van der Waals surface area contributed by atoms with Gasteiger partial charge < -0.3 is 15.5 Å². The summed E-state index contributed by atoms with van der Waals surface area (Å²) in [4.78, 5) is 16.1. The zero-order valence-electron chi connectivity index (χ0n) is 9.95. The van der Waals surface area contributed by atoms with Crippen molar-refractivity contribution in [3.63, 3.8) is 0 Å². The maximum absolute atomic E-state index is 12.0. The molecule has 18 heavy (non-hydrogen) atoms. The van der Waals surface area contributed by atoms with Crippen LogP contribution in [0.25, 0.3) is 0 Å². The average molecular weight is 310 g/mol. The molecule has 0 aliphatic carbocycles. The molecule has 0 aliphatic rings. The van der Waals surface area contributed by atoms with Crippen LogP contribution >= 0.6 is 15.9 Å². The van der Waals surface area contributed by atoms with Crippen LogP contribution in [-0.2, 0) is 0 Å². The number of pyridine rings is 1. The summed E-state index contributed by atoms with van der Waals surface area (Å²) < 4.78 is 5.94. The molecule has 2 heterocycles. The molecule has 0 saturated carbocycles. The van der Waals surface area contributed by atoms with E-state index in [0.717, 1.165) is 0 Å². The molecule has 0 unspecified atom stereocenters. The molecule has 1 amide bonds. The van der Waals surface area contributed by atoms with E-state index < -0.39 is 0 Å². The molecule has 3 N–H and O–H groups in total. The third-order valence-electron chi connectivity index (χ3n) is 2.38. The highest BCUT2D eigenvalue weighted by atomic mass is 79.9. The molecule has 0 atom stereocenters. The number of rotatable bonds is 2. The fourth-order valence-corrected chi connectivity index (χ4v) is 2.04. The van der Waals surface area contributed by atoms with E-state index in [1.165, 1.54) is 6.20 Å². The number of aryl methyl sites for hydroxylation is 2. The molecule has 0 radical (unpaired) electrons. The number of furan rings is 1. The summed E-state index contributed by atoms with van der Waals surface area (Å²) in [6, 6.07) is 3.37. The average Bonchev–Trinajstić information content (AvgIpc) is 2.62. The van der Waals surface area contributed by atoms with E-state index in [2.05, 4.69) is 26.2 Å². The fourth-order valence-electron chi connectivity index (χ4n) is 1.58. The van der Waals surface area contributed by atoms with Crippen LogP contribution in [0.5, 0.6) is 0 Å². The van der Waals surface area contributed by atoms with Gasteiger partial charge in [-0.15, -0.1) is 0 Å². The van der Waals surface area contributed by atoms with Crippen LogP contribution in [-0.4, -0.2) is 10.9 Å². The first kappa shape index (κ1) is 12.6. The second-order valence-electron chi connectivity index (χ2n) is 3.88. The predicted octanol–water partition coefficient (Wildman–Crippen LogP) is 2.89. The SMILES string of the molecule is Cc1cc(C(=O)Nc2ncc(N)cc2Br)c(C)o1. The number of carbonyl (C=O) groups excluding carboxylic acids is 1. The highest BCUT2D eigenvalue weighted by Crippen LogP contribution is 2.23. The van der Waals surface area contributed by atoms with Crippen LogP contribution in [0.2, 0.25) is 0 Å². The van der Waals surface area contributed by atoms with Crippen LogP contribution in [0.4, 0.5) is 11.5 Å². The predicted molar refractivity (Wildman–Crippen MR) is 72.5 cm³/mol. The van der Waals surface area contributed by atoms with Crippen LogP contribution in [0.1, 0.15) is 21.9 Å². The summed E-state index contributed by atoms with van der Waals surface area (Å²) >= 11 is 3.29. The Balaban J connectivity index is 2.24. The molecule has 5 nitrogen and oxygen atoms in total. The third-order valence-corrected chi connectivity index (χ3v) is 2.98. The van der Waals surface area contributed by atoms with Gasteiger partial charge in [0.25, 0.3) is 5.91 Å². The molecule has 2 rings (SSSR count). The molecule has 6 heteroatoms. The first-order valence-corrected chi connectivity index (χ1v) is 6.06. The standard InChI is InChI=1S/C12H12BrN3O2/c1-6-3-9(7(2)18-6)12(17)16-11-10(13)4-8(14)5-15-11/h3-5H,14H2,1-2H3,(H,15,16,17). The van der Waals surface area contributed by atoms with E-state index in [-0.39, 0.29) is 5.91 Å². The minimum Gasteiger partial charge on any atom is -0.466 e. The Kier molecular flexibility index (Phi) is 3.38. The second kappa shape index (κ2) is 4.81. The van der Waals surface area contributed by atoms with E-state index in [4.69, 9.17) is 10.2 Å². The van der Waals surface area contributed by atoms with Gasteiger partial charge in [-0.1, -0.05) is 0 Å². The van der Waals surface area contributed by atoms with Gasteiger partial charge in [0.15, 0.2) is 0 Å². The topological polar surface area (TPSA) is 81.2 Å². The minimum absolute atomic E-state index is 0.262. The van der Waals surface area contributed by atoms with E-state index >= 15 is 0 Å². The number of nitrogens with one attached hydrogen (secondary N) is 1. The number of hydrogen-bond donors (Lipinski definition) is 2. The lowest BCUT2D eigenvalue weighted by Gasteiger charge is -2.06. The molecule has 2 aromatic heterocycles. The lowest BCUT2D eigenvalue weighted by atomic mass is 10.2. The number of nitrogen functional groups attached to an aromatic ring is 1. The van der Waals surface area contributed by atoms with E-state index in [9.17, 15) is 4.79 Å². The zero-order valence-corrected chi connectivity index (χ0v) is 11.5. The summed E-state index contributed by atoms with van der Waals surface area (Å²) in [6.07, 6.45) is 1.48. The van der Waals surface area contributed by atoms with E-state index in [1.807, 2.05) is 0 Å². The van der Waals surface area contributed by atoms with Gasteiger partial charge in [-0.2, -0.15) is 0 Å². The first-order chi connectivity index (χ1) is 8.47. The monoisotopic (exact) mass is 309 g/mol. The number of amides is 1. The molecule has 0 bridgehead atoms. The molecule has 0 aliphatic heterocycles. The van der Waals surface area contributed by atoms with E-state index in [0.29, 0.717) is 33.1 Å².